The van der Waals surface area contributed by atoms with Gasteiger partial charge < -0.3 is 15.7 Å². The van der Waals surface area contributed by atoms with Crippen LogP contribution in [0.15, 0.2) is 24.3 Å². The minimum Gasteiger partial charge on any atom is -0.508 e. The van der Waals surface area contributed by atoms with Crippen LogP contribution in [0.2, 0.25) is 0 Å². The van der Waals surface area contributed by atoms with Gasteiger partial charge in [-0.05, 0) is 19.4 Å². The Morgan fingerprint density at radius 2 is 2.06 bits per heavy atom. The van der Waals surface area contributed by atoms with E-state index >= 15 is 0 Å². The maximum absolute atomic E-state index is 11.3. The fourth-order valence-electron chi connectivity index (χ4n) is 1.90. The second-order valence-corrected chi connectivity index (χ2v) is 4.18. The molecule has 0 aliphatic rings. The van der Waals surface area contributed by atoms with Crippen molar-refractivity contribution in [3.8, 4) is 5.75 Å². The van der Waals surface area contributed by atoms with E-state index in [9.17, 15) is 9.90 Å². The summed E-state index contributed by atoms with van der Waals surface area (Å²) >= 11 is 0. The molecule has 0 aromatic heterocycles. The second kappa shape index (κ2) is 7.71. The number of carbonyl (C=O) groups is 1. The largest absolute Gasteiger partial charge is 0.508 e. The summed E-state index contributed by atoms with van der Waals surface area (Å²) in [5.41, 5.74) is 0.885. The summed E-state index contributed by atoms with van der Waals surface area (Å²) in [4.78, 5) is 11.3. The van der Waals surface area contributed by atoms with Gasteiger partial charge in [0.1, 0.15) is 5.75 Å². The molecule has 1 aromatic rings. The quantitative estimate of drug-likeness (QED) is 0.693. The maximum atomic E-state index is 11.3. The second-order valence-electron chi connectivity index (χ2n) is 4.18. The Hall–Kier alpha value is -1.55. The third kappa shape index (κ3) is 4.37. The Labute approximate surface area is 108 Å². The number of phenolic OH excluding ortho intramolecular Hbond substituents is 1. The monoisotopic (exact) mass is 250 g/mol. The van der Waals surface area contributed by atoms with Crippen molar-refractivity contribution in [1.82, 2.24) is 10.6 Å². The van der Waals surface area contributed by atoms with E-state index in [1.54, 1.807) is 12.1 Å². The highest BCUT2D eigenvalue weighted by molar-refractivity contribution is 5.75. The lowest BCUT2D eigenvalue weighted by atomic mass is 10.0. The van der Waals surface area contributed by atoms with Crippen molar-refractivity contribution < 1.29 is 9.90 Å². The molecule has 1 unspecified atom stereocenters. The van der Waals surface area contributed by atoms with Crippen LogP contribution >= 0.6 is 0 Å². The molecule has 0 saturated heterocycles. The van der Waals surface area contributed by atoms with Crippen LogP contribution in [0.4, 0.5) is 0 Å². The Kier molecular flexibility index (Phi) is 6.22. The summed E-state index contributed by atoms with van der Waals surface area (Å²) in [6.45, 7) is 5.23. The SMILES string of the molecule is CCNC(=O)CCNC(CC)c1ccccc1O. The van der Waals surface area contributed by atoms with Crippen LogP contribution in [-0.2, 0) is 4.79 Å². The Balaban J connectivity index is 2.48. The number of nitrogens with one attached hydrogen (secondary N) is 2. The molecule has 0 aliphatic heterocycles. The van der Waals surface area contributed by atoms with Crippen LogP contribution in [0.5, 0.6) is 5.75 Å². The van der Waals surface area contributed by atoms with Crippen LogP contribution < -0.4 is 10.6 Å². The molecule has 0 spiro atoms. The van der Waals surface area contributed by atoms with Crippen molar-refractivity contribution >= 4 is 5.91 Å². The van der Waals surface area contributed by atoms with E-state index in [0.29, 0.717) is 25.3 Å². The van der Waals surface area contributed by atoms with E-state index in [1.807, 2.05) is 19.1 Å². The topological polar surface area (TPSA) is 61.4 Å². The van der Waals surface area contributed by atoms with Crippen molar-refractivity contribution in [3.63, 3.8) is 0 Å². The summed E-state index contributed by atoms with van der Waals surface area (Å²) in [5, 5.41) is 15.8. The highest BCUT2D eigenvalue weighted by atomic mass is 16.3. The van der Waals surface area contributed by atoms with Crippen molar-refractivity contribution in [2.45, 2.75) is 32.7 Å². The number of para-hydroxylation sites is 1. The standard InChI is InChI=1S/C14H22N2O2/c1-3-12(11-7-5-6-8-13(11)17)16-10-9-14(18)15-4-2/h5-8,12,16-17H,3-4,9-10H2,1-2H3,(H,15,18). The molecule has 0 saturated carbocycles. The zero-order valence-corrected chi connectivity index (χ0v) is 11.1. The fraction of sp³-hybridized carbons (Fsp3) is 0.500. The van der Waals surface area contributed by atoms with Gasteiger partial charge >= 0.3 is 0 Å². The number of rotatable bonds is 7. The molecule has 1 aromatic carbocycles. The van der Waals surface area contributed by atoms with Crippen molar-refractivity contribution in [2.75, 3.05) is 13.1 Å². The number of hydrogen-bond donors (Lipinski definition) is 3. The van der Waals surface area contributed by atoms with E-state index in [4.69, 9.17) is 0 Å². The van der Waals surface area contributed by atoms with Crippen LogP contribution in [0, 0.1) is 0 Å². The molecule has 100 valence electrons. The molecule has 4 heteroatoms. The van der Waals surface area contributed by atoms with E-state index < -0.39 is 0 Å². The zero-order valence-electron chi connectivity index (χ0n) is 11.1. The molecule has 1 rings (SSSR count). The third-order valence-corrected chi connectivity index (χ3v) is 2.84. The maximum Gasteiger partial charge on any atom is 0.221 e. The average Bonchev–Trinajstić information content (AvgIpc) is 2.36. The van der Waals surface area contributed by atoms with Crippen LogP contribution in [-0.4, -0.2) is 24.1 Å². The summed E-state index contributed by atoms with van der Waals surface area (Å²) in [6.07, 6.45) is 1.32. The third-order valence-electron chi connectivity index (χ3n) is 2.84. The lowest BCUT2D eigenvalue weighted by Crippen LogP contribution is -2.29. The first-order valence-corrected chi connectivity index (χ1v) is 6.47. The van der Waals surface area contributed by atoms with Crippen molar-refractivity contribution in [3.05, 3.63) is 29.8 Å². The van der Waals surface area contributed by atoms with Gasteiger partial charge in [0.2, 0.25) is 5.91 Å². The molecule has 18 heavy (non-hydrogen) atoms. The molecule has 0 fully saturated rings. The molecule has 4 nitrogen and oxygen atoms in total. The van der Waals surface area contributed by atoms with Crippen molar-refractivity contribution in [2.24, 2.45) is 0 Å². The first-order valence-electron chi connectivity index (χ1n) is 6.47. The smallest absolute Gasteiger partial charge is 0.221 e. The molecule has 1 amide bonds. The highest BCUT2D eigenvalue weighted by Gasteiger charge is 2.12. The Morgan fingerprint density at radius 1 is 1.33 bits per heavy atom. The number of hydrogen-bond acceptors (Lipinski definition) is 3. The minimum absolute atomic E-state index is 0.0529. The molecular weight excluding hydrogens is 228 g/mol. The van der Waals surface area contributed by atoms with Gasteiger partial charge in [-0.15, -0.1) is 0 Å². The van der Waals surface area contributed by atoms with Gasteiger partial charge in [0.15, 0.2) is 0 Å². The molecule has 3 N–H and O–H groups in total. The van der Waals surface area contributed by atoms with Gasteiger partial charge in [0.25, 0.3) is 0 Å². The van der Waals surface area contributed by atoms with Gasteiger partial charge in [-0.25, -0.2) is 0 Å². The first kappa shape index (κ1) is 14.5. The van der Waals surface area contributed by atoms with Gasteiger partial charge in [0, 0.05) is 31.1 Å². The van der Waals surface area contributed by atoms with Gasteiger partial charge in [-0.2, -0.15) is 0 Å². The molecular formula is C14H22N2O2. The number of aromatic hydroxyl groups is 1. The number of amides is 1. The molecule has 0 bridgehead atoms. The molecule has 0 heterocycles. The van der Waals surface area contributed by atoms with Crippen molar-refractivity contribution in [1.29, 1.82) is 0 Å². The lowest BCUT2D eigenvalue weighted by Gasteiger charge is -2.18. The number of phenols is 1. The van der Waals surface area contributed by atoms with Crippen LogP contribution in [0.1, 0.15) is 38.3 Å². The highest BCUT2D eigenvalue weighted by Crippen LogP contribution is 2.25. The van der Waals surface area contributed by atoms with E-state index in [2.05, 4.69) is 17.6 Å². The van der Waals surface area contributed by atoms with E-state index in [1.165, 1.54) is 0 Å². The number of benzene rings is 1. The van der Waals surface area contributed by atoms with Crippen LogP contribution in [0.25, 0.3) is 0 Å². The average molecular weight is 250 g/mol. The van der Waals surface area contributed by atoms with Crippen LogP contribution in [0.3, 0.4) is 0 Å². The normalized spacial score (nSPS) is 12.1. The number of carbonyl (C=O) groups excluding carboxylic acids is 1. The summed E-state index contributed by atoms with van der Waals surface area (Å²) in [6, 6.07) is 7.39. The van der Waals surface area contributed by atoms with Gasteiger partial charge in [0.05, 0.1) is 0 Å². The molecule has 0 aliphatic carbocycles. The Bertz CT molecular complexity index is 380. The molecule has 1 atom stereocenters. The predicted molar refractivity (Wildman–Crippen MR) is 72.4 cm³/mol. The first-order chi connectivity index (χ1) is 8.69. The predicted octanol–water partition coefficient (Wildman–Crippen LogP) is 1.96. The minimum atomic E-state index is 0.0529. The van der Waals surface area contributed by atoms with E-state index in [-0.39, 0.29) is 11.9 Å². The molecule has 0 radical (unpaired) electrons. The van der Waals surface area contributed by atoms with Gasteiger partial charge in [-0.1, -0.05) is 25.1 Å². The lowest BCUT2D eigenvalue weighted by molar-refractivity contribution is -0.120. The fourth-order valence-corrected chi connectivity index (χ4v) is 1.90. The van der Waals surface area contributed by atoms with E-state index in [0.717, 1.165) is 12.0 Å². The zero-order chi connectivity index (χ0) is 13.4. The summed E-state index contributed by atoms with van der Waals surface area (Å²) in [5.74, 6) is 0.354. The summed E-state index contributed by atoms with van der Waals surface area (Å²) in [7, 11) is 0. The van der Waals surface area contributed by atoms with Gasteiger partial charge in [-0.3, -0.25) is 4.79 Å². The Morgan fingerprint density at radius 3 is 2.67 bits per heavy atom. The summed E-state index contributed by atoms with van der Waals surface area (Å²) < 4.78 is 0.